The van der Waals surface area contributed by atoms with Gasteiger partial charge in [-0.1, -0.05) is 18.2 Å². The molecule has 39 heavy (non-hydrogen) atoms. The zero-order valence-electron chi connectivity index (χ0n) is 21.9. The van der Waals surface area contributed by atoms with Crippen molar-refractivity contribution < 1.29 is 4.79 Å². The maximum Gasteiger partial charge on any atom is 0.276 e. The molecule has 2 aromatic carbocycles. The van der Waals surface area contributed by atoms with Gasteiger partial charge in [0.25, 0.3) is 5.91 Å². The van der Waals surface area contributed by atoms with Crippen LogP contribution in [-0.4, -0.2) is 46.4 Å². The third-order valence-corrected chi connectivity index (χ3v) is 6.81. The quantitative estimate of drug-likeness (QED) is 0.227. The SMILES string of the molecule is C=N/C=C\N(C)c1ccc(NC(=O)c2cnc3c(Nc4ccccc4)cc(NC4CCC(N)CC4)nn23)cc1. The van der Waals surface area contributed by atoms with Gasteiger partial charge in [-0.15, -0.1) is 5.10 Å². The Morgan fingerprint density at radius 2 is 1.85 bits per heavy atom. The predicted octanol–water partition coefficient (Wildman–Crippen LogP) is 5.02. The summed E-state index contributed by atoms with van der Waals surface area (Å²) in [6.45, 7) is 3.45. The largest absolute Gasteiger partial charge is 0.366 e. The summed E-state index contributed by atoms with van der Waals surface area (Å²) in [5, 5.41) is 14.7. The van der Waals surface area contributed by atoms with E-state index in [-0.39, 0.29) is 18.0 Å². The number of imidazole rings is 1. The molecule has 1 aliphatic carbocycles. The van der Waals surface area contributed by atoms with Crippen LogP contribution in [0.25, 0.3) is 5.65 Å². The first-order valence-electron chi connectivity index (χ1n) is 13.0. The number of carbonyl (C=O) groups excluding carboxylic acids is 1. The monoisotopic (exact) mass is 523 g/mol. The average molecular weight is 524 g/mol. The molecule has 2 heterocycles. The summed E-state index contributed by atoms with van der Waals surface area (Å²) in [6.07, 6.45) is 8.87. The Kier molecular flexibility index (Phi) is 7.83. The molecule has 0 radical (unpaired) electrons. The standard InChI is InChI=1S/C29H33N9O/c1-31-16-17-37(2)24-14-12-23(13-15-24)35-29(39)26-19-32-28-25(33-21-6-4-3-5-7-21)18-27(36-38(26)28)34-22-10-8-20(30)9-11-22/h3-7,12-20,22,33H,1,8-11,30H2,2H3,(H,34,36)(H,35,39)/b17-16-. The van der Waals surface area contributed by atoms with Crippen molar-refractivity contribution >= 4 is 46.8 Å². The summed E-state index contributed by atoms with van der Waals surface area (Å²) in [4.78, 5) is 23.5. The van der Waals surface area contributed by atoms with Crippen molar-refractivity contribution in [3.05, 3.63) is 85.0 Å². The zero-order chi connectivity index (χ0) is 27.2. The number of rotatable bonds is 9. The molecular formula is C29H33N9O. The van der Waals surface area contributed by atoms with Gasteiger partial charge in [0.05, 0.1) is 11.9 Å². The number of aromatic nitrogens is 3. The van der Waals surface area contributed by atoms with Gasteiger partial charge in [-0.3, -0.25) is 9.79 Å². The van der Waals surface area contributed by atoms with Gasteiger partial charge >= 0.3 is 0 Å². The fourth-order valence-corrected chi connectivity index (χ4v) is 4.64. The van der Waals surface area contributed by atoms with Crippen LogP contribution >= 0.6 is 0 Å². The number of hydrogen-bond donors (Lipinski definition) is 4. The molecule has 0 bridgehead atoms. The smallest absolute Gasteiger partial charge is 0.276 e. The predicted molar refractivity (Wildman–Crippen MR) is 158 cm³/mol. The average Bonchev–Trinajstić information content (AvgIpc) is 3.38. The molecule has 0 aliphatic heterocycles. The normalized spacial score (nSPS) is 17.2. The van der Waals surface area contributed by atoms with E-state index in [4.69, 9.17) is 10.8 Å². The van der Waals surface area contributed by atoms with E-state index in [1.165, 1.54) is 0 Å². The molecule has 1 amide bonds. The van der Waals surface area contributed by atoms with Crippen LogP contribution in [0.3, 0.4) is 0 Å². The van der Waals surface area contributed by atoms with Crippen molar-refractivity contribution in [1.82, 2.24) is 14.6 Å². The van der Waals surface area contributed by atoms with Crippen molar-refractivity contribution in [1.29, 1.82) is 0 Å². The van der Waals surface area contributed by atoms with E-state index in [1.807, 2.05) is 72.6 Å². The molecular weight excluding hydrogens is 490 g/mol. The number of nitrogens with zero attached hydrogens (tertiary/aromatic N) is 5. The summed E-state index contributed by atoms with van der Waals surface area (Å²) < 4.78 is 1.59. The first-order valence-corrected chi connectivity index (χ1v) is 13.0. The Labute approximate surface area is 227 Å². The number of carbonyl (C=O) groups is 1. The van der Waals surface area contributed by atoms with Gasteiger partial charge in [-0.05, 0) is 68.8 Å². The Hall–Kier alpha value is -4.70. The summed E-state index contributed by atoms with van der Waals surface area (Å²) in [5.41, 5.74) is 10.3. The van der Waals surface area contributed by atoms with Crippen molar-refractivity contribution in [2.45, 2.75) is 37.8 Å². The van der Waals surface area contributed by atoms with Gasteiger partial charge in [-0.25, -0.2) is 9.50 Å². The molecule has 0 atom stereocenters. The number of hydrogen-bond acceptors (Lipinski definition) is 8. The number of amides is 1. The van der Waals surface area contributed by atoms with E-state index < -0.39 is 0 Å². The minimum absolute atomic E-state index is 0.257. The molecule has 200 valence electrons. The van der Waals surface area contributed by atoms with Crippen LogP contribution < -0.4 is 26.6 Å². The third kappa shape index (κ3) is 6.24. The maximum absolute atomic E-state index is 13.3. The molecule has 0 saturated heterocycles. The van der Waals surface area contributed by atoms with Crippen LogP contribution in [0.2, 0.25) is 0 Å². The molecule has 1 saturated carbocycles. The van der Waals surface area contributed by atoms with Crippen LogP contribution in [-0.2, 0) is 0 Å². The number of benzene rings is 2. The second-order valence-corrected chi connectivity index (χ2v) is 9.66. The topological polar surface area (TPSA) is 125 Å². The van der Waals surface area contributed by atoms with Crippen LogP contribution in [0.4, 0.5) is 28.6 Å². The molecule has 5 rings (SSSR count). The van der Waals surface area contributed by atoms with Crippen molar-refractivity contribution in [3.8, 4) is 0 Å². The van der Waals surface area contributed by atoms with Crippen molar-refractivity contribution in [3.63, 3.8) is 0 Å². The molecule has 2 aromatic heterocycles. The minimum Gasteiger partial charge on any atom is -0.366 e. The molecule has 5 N–H and O–H groups in total. The molecule has 10 nitrogen and oxygen atoms in total. The highest BCUT2D eigenvalue weighted by molar-refractivity contribution is 6.03. The number of para-hydroxylation sites is 1. The van der Waals surface area contributed by atoms with E-state index in [2.05, 4.69) is 32.6 Å². The molecule has 1 fully saturated rings. The Morgan fingerprint density at radius 3 is 2.56 bits per heavy atom. The van der Waals surface area contributed by atoms with Crippen molar-refractivity contribution in [2.24, 2.45) is 10.7 Å². The summed E-state index contributed by atoms with van der Waals surface area (Å²) in [5.74, 6) is 0.362. The number of nitrogens with one attached hydrogen (secondary N) is 3. The lowest BCUT2D eigenvalue weighted by molar-refractivity contribution is 0.102. The summed E-state index contributed by atoms with van der Waals surface area (Å²) in [6, 6.07) is 19.8. The Balaban J connectivity index is 1.41. The van der Waals surface area contributed by atoms with Crippen LogP contribution in [0.5, 0.6) is 0 Å². The molecule has 1 aliphatic rings. The second-order valence-electron chi connectivity index (χ2n) is 9.66. The molecule has 4 aromatic rings. The Morgan fingerprint density at radius 1 is 1.10 bits per heavy atom. The highest BCUT2D eigenvalue weighted by Gasteiger charge is 2.21. The summed E-state index contributed by atoms with van der Waals surface area (Å²) >= 11 is 0. The highest BCUT2D eigenvalue weighted by atomic mass is 16.2. The molecule has 0 spiro atoms. The van der Waals surface area contributed by atoms with Crippen LogP contribution in [0.1, 0.15) is 36.2 Å². The van der Waals surface area contributed by atoms with Gasteiger partial charge in [-0.2, -0.15) is 0 Å². The number of nitrogens with two attached hydrogens (primary N) is 1. The van der Waals surface area contributed by atoms with E-state index in [1.54, 1.807) is 23.1 Å². The lowest BCUT2D eigenvalue weighted by Gasteiger charge is -2.27. The lowest BCUT2D eigenvalue weighted by atomic mass is 9.92. The fraction of sp³-hybridized carbons (Fsp3) is 0.241. The third-order valence-electron chi connectivity index (χ3n) is 6.81. The van der Waals surface area contributed by atoms with Gasteiger partial charge in [0.2, 0.25) is 0 Å². The van der Waals surface area contributed by atoms with E-state index in [0.717, 1.165) is 42.7 Å². The van der Waals surface area contributed by atoms with Crippen molar-refractivity contribution in [2.75, 3.05) is 27.9 Å². The zero-order valence-corrected chi connectivity index (χ0v) is 21.9. The van der Waals surface area contributed by atoms with Gasteiger partial charge in [0.15, 0.2) is 11.3 Å². The van der Waals surface area contributed by atoms with E-state index in [0.29, 0.717) is 22.8 Å². The van der Waals surface area contributed by atoms with Crippen LogP contribution in [0, 0.1) is 0 Å². The maximum atomic E-state index is 13.3. The fourth-order valence-electron chi connectivity index (χ4n) is 4.64. The van der Waals surface area contributed by atoms with E-state index in [9.17, 15) is 4.79 Å². The minimum atomic E-state index is -0.307. The van der Waals surface area contributed by atoms with Gasteiger partial charge in [0.1, 0.15) is 5.82 Å². The Bertz CT molecular complexity index is 1460. The number of anilines is 5. The van der Waals surface area contributed by atoms with Crippen LogP contribution in [0.15, 0.2) is 84.3 Å². The first-order chi connectivity index (χ1) is 19.0. The number of fused-ring (bicyclic) bond motifs is 1. The van der Waals surface area contributed by atoms with Gasteiger partial charge in [0, 0.05) is 54.7 Å². The summed E-state index contributed by atoms with van der Waals surface area (Å²) in [7, 11) is 1.91. The molecule has 0 unspecified atom stereocenters. The van der Waals surface area contributed by atoms with Gasteiger partial charge < -0.3 is 26.6 Å². The molecule has 10 heteroatoms. The second kappa shape index (κ2) is 11.8. The first kappa shape index (κ1) is 25.9. The lowest BCUT2D eigenvalue weighted by Crippen LogP contribution is -2.33. The van der Waals surface area contributed by atoms with E-state index >= 15 is 0 Å². The number of aliphatic imine (C=N–C) groups is 1. The highest BCUT2D eigenvalue weighted by Crippen LogP contribution is 2.27.